The number of hydrogen-bond donors (Lipinski definition) is 1. The second-order valence-electron chi connectivity index (χ2n) is 7.38. The van der Waals surface area contributed by atoms with Crippen LogP contribution in [0.25, 0.3) is 0 Å². The molecular formula is C21H25N5O. The number of likely N-dealkylation sites (tertiary alicyclic amines) is 1. The Bertz CT molecular complexity index is 971. The Morgan fingerprint density at radius 2 is 2.04 bits per heavy atom. The van der Waals surface area contributed by atoms with Crippen LogP contribution in [0.3, 0.4) is 0 Å². The minimum Gasteiger partial charge on any atom is -0.330 e. The van der Waals surface area contributed by atoms with E-state index in [0.29, 0.717) is 12.2 Å². The standard InChI is InChI=1S/C21H25N5O/c1-14-7-4-5-8-18(14)20-9-6-10-25(20)21(27)19-12-17(22-23-19)13-26-16(3)11-15(2)24-26/h4-5,7-8,11-12,20H,6,9-10,13H2,1-3H3,(H,22,23). The quantitative estimate of drug-likeness (QED) is 0.771. The Labute approximate surface area is 159 Å². The van der Waals surface area contributed by atoms with Crippen molar-refractivity contribution in [3.8, 4) is 0 Å². The summed E-state index contributed by atoms with van der Waals surface area (Å²) in [5.74, 6) is -0.00313. The molecule has 0 spiro atoms. The highest BCUT2D eigenvalue weighted by Crippen LogP contribution is 2.34. The number of aromatic amines is 1. The Hall–Kier alpha value is -2.89. The minimum atomic E-state index is -0.00313. The molecule has 2 aromatic heterocycles. The van der Waals surface area contributed by atoms with Crippen LogP contribution in [-0.4, -0.2) is 37.3 Å². The summed E-state index contributed by atoms with van der Waals surface area (Å²) in [7, 11) is 0. The first-order valence-electron chi connectivity index (χ1n) is 9.45. The predicted molar refractivity (Wildman–Crippen MR) is 104 cm³/mol. The summed E-state index contributed by atoms with van der Waals surface area (Å²) in [6, 6.07) is 12.4. The van der Waals surface area contributed by atoms with E-state index in [0.717, 1.165) is 36.5 Å². The highest BCUT2D eigenvalue weighted by molar-refractivity contribution is 5.93. The maximum atomic E-state index is 13.1. The number of nitrogens with zero attached hydrogens (tertiary/aromatic N) is 4. The van der Waals surface area contributed by atoms with Gasteiger partial charge in [-0.05, 0) is 56.9 Å². The van der Waals surface area contributed by atoms with Gasteiger partial charge in [0.25, 0.3) is 5.91 Å². The molecule has 140 valence electrons. The van der Waals surface area contributed by atoms with E-state index in [1.807, 2.05) is 47.7 Å². The van der Waals surface area contributed by atoms with Gasteiger partial charge in [0.05, 0.1) is 24.0 Å². The van der Waals surface area contributed by atoms with Gasteiger partial charge in [0, 0.05) is 12.2 Å². The van der Waals surface area contributed by atoms with E-state index < -0.39 is 0 Å². The van der Waals surface area contributed by atoms with Crippen molar-refractivity contribution in [3.63, 3.8) is 0 Å². The number of amides is 1. The van der Waals surface area contributed by atoms with Crippen LogP contribution in [0.15, 0.2) is 36.4 Å². The number of H-pyrrole nitrogens is 1. The number of aryl methyl sites for hydroxylation is 3. The topological polar surface area (TPSA) is 66.8 Å². The maximum absolute atomic E-state index is 13.1. The average Bonchev–Trinajstić information content (AvgIpc) is 3.36. The van der Waals surface area contributed by atoms with Crippen LogP contribution in [0, 0.1) is 20.8 Å². The van der Waals surface area contributed by atoms with Gasteiger partial charge < -0.3 is 4.90 Å². The van der Waals surface area contributed by atoms with Crippen molar-refractivity contribution in [1.29, 1.82) is 0 Å². The van der Waals surface area contributed by atoms with Crippen LogP contribution in [0.2, 0.25) is 0 Å². The lowest BCUT2D eigenvalue weighted by atomic mass is 9.99. The van der Waals surface area contributed by atoms with Crippen LogP contribution in [-0.2, 0) is 6.54 Å². The molecule has 1 fully saturated rings. The normalized spacial score (nSPS) is 16.9. The molecule has 3 aromatic rings. The van der Waals surface area contributed by atoms with Crippen LogP contribution >= 0.6 is 0 Å². The van der Waals surface area contributed by atoms with Crippen molar-refractivity contribution in [1.82, 2.24) is 24.9 Å². The molecule has 6 nitrogen and oxygen atoms in total. The largest absolute Gasteiger partial charge is 0.330 e. The van der Waals surface area contributed by atoms with Crippen LogP contribution < -0.4 is 0 Å². The summed E-state index contributed by atoms with van der Waals surface area (Å²) in [5, 5.41) is 11.8. The zero-order valence-electron chi connectivity index (χ0n) is 16.1. The van der Waals surface area contributed by atoms with E-state index in [4.69, 9.17) is 0 Å². The summed E-state index contributed by atoms with van der Waals surface area (Å²) >= 11 is 0. The van der Waals surface area contributed by atoms with Gasteiger partial charge in [-0.1, -0.05) is 24.3 Å². The average molecular weight is 363 g/mol. The van der Waals surface area contributed by atoms with Crippen LogP contribution in [0.1, 0.15) is 57.6 Å². The van der Waals surface area contributed by atoms with Gasteiger partial charge in [0.1, 0.15) is 5.69 Å². The van der Waals surface area contributed by atoms with Gasteiger partial charge in [0.2, 0.25) is 0 Å². The Kier molecular flexibility index (Phi) is 4.56. The Balaban J connectivity index is 1.53. The fourth-order valence-corrected chi connectivity index (χ4v) is 3.99. The van der Waals surface area contributed by atoms with Crippen LogP contribution in [0.5, 0.6) is 0 Å². The first-order chi connectivity index (χ1) is 13.0. The summed E-state index contributed by atoms with van der Waals surface area (Å²) in [6.07, 6.45) is 2.02. The lowest BCUT2D eigenvalue weighted by Crippen LogP contribution is -2.31. The molecule has 1 N–H and O–H groups in total. The second-order valence-corrected chi connectivity index (χ2v) is 7.38. The number of hydrogen-bond acceptors (Lipinski definition) is 3. The molecule has 1 aromatic carbocycles. The van der Waals surface area contributed by atoms with E-state index in [2.05, 4.69) is 34.4 Å². The molecule has 1 aliphatic heterocycles. The van der Waals surface area contributed by atoms with E-state index in [-0.39, 0.29) is 11.9 Å². The van der Waals surface area contributed by atoms with Crippen LogP contribution in [0.4, 0.5) is 0 Å². The summed E-state index contributed by atoms with van der Waals surface area (Å²) in [4.78, 5) is 15.1. The van der Waals surface area contributed by atoms with Gasteiger partial charge in [-0.3, -0.25) is 14.6 Å². The zero-order valence-corrected chi connectivity index (χ0v) is 16.1. The van der Waals surface area contributed by atoms with Crippen molar-refractivity contribution in [3.05, 3.63) is 70.3 Å². The highest BCUT2D eigenvalue weighted by atomic mass is 16.2. The molecule has 1 atom stereocenters. The van der Waals surface area contributed by atoms with E-state index >= 15 is 0 Å². The van der Waals surface area contributed by atoms with Crippen molar-refractivity contribution < 1.29 is 4.79 Å². The molecule has 1 amide bonds. The molecule has 3 heterocycles. The molecule has 0 aliphatic carbocycles. The third-order valence-electron chi connectivity index (χ3n) is 5.33. The third-order valence-corrected chi connectivity index (χ3v) is 5.33. The molecule has 0 saturated carbocycles. The monoisotopic (exact) mass is 363 g/mol. The number of carbonyl (C=O) groups excluding carboxylic acids is 1. The van der Waals surface area contributed by atoms with Crippen molar-refractivity contribution in [2.45, 2.75) is 46.2 Å². The SMILES string of the molecule is Cc1cc(C)n(Cc2cc(C(=O)N3CCCC3c3ccccc3C)n[nH]2)n1. The second kappa shape index (κ2) is 7.02. The predicted octanol–water partition coefficient (Wildman–Crippen LogP) is 3.56. The zero-order chi connectivity index (χ0) is 19.0. The van der Waals surface area contributed by atoms with Gasteiger partial charge in [0.15, 0.2) is 0 Å². The van der Waals surface area contributed by atoms with Gasteiger partial charge in [-0.2, -0.15) is 10.2 Å². The lowest BCUT2D eigenvalue weighted by Gasteiger charge is -2.25. The number of benzene rings is 1. The molecule has 1 unspecified atom stereocenters. The molecule has 0 radical (unpaired) electrons. The molecule has 4 rings (SSSR count). The highest BCUT2D eigenvalue weighted by Gasteiger charge is 2.32. The molecule has 6 heteroatoms. The summed E-state index contributed by atoms with van der Waals surface area (Å²) in [6.45, 7) is 7.47. The molecule has 0 bridgehead atoms. The van der Waals surface area contributed by atoms with E-state index in [1.165, 1.54) is 11.1 Å². The maximum Gasteiger partial charge on any atom is 0.274 e. The van der Waals surface area contributed by atoms with Gasteiger partial charge >= 0.3 is 0 Å². The summed E-state index contributed by atoms with van der Waals surface area (Å²) in [5.41, 5.74) is 5.91. The number of aromatic nitrogens is 4. The number of rotatable bonds is 4. The fraction of sp³-hybridized carbons (Fsp3) is 0.381. The number of nitrogens with one attached hydrogen (secondary N) is 1. The van der Waals surface area contributed by atoms with Gasteiger partial charge in [-0.15, -0.1) is 0 Å². The number of carbonyl (C=O) groups is 1. The van der Waals surface area contributed by atoms with Crippen molar-refractivity contribution in [2.75, 3.05) is 6.54 Å². The summed E-state index contributed by atoms with van der Waals surface area (Å²) < 4.78 is 1.92. The van der Waals surface area contributed by atoms with Crippen molar-refractivity contribution >= 4 is 5.91 Å². The molecule has 1 aliphatic rings. The lowest BCUT2D eigenvalue weighted by molar-refractivity contribution is 0.0729. The smallest absolute Gasteiger partial charge is 0.274 e. The Morgan fingerprint density at radius 1 is 1.22 bits per heavy atom. The fourth-order valence-electron chi connectivity index (χ4n) is 3.99. The molecule has 27 heavy (non-hydrogen) atoms. The Morgan fingerprint density at radius 3 is 2.78 bits per heavy atom. The first-order valence-corrected chi connectivity index (χ1v) is 9.45. The molecular weight excluding hydrogens is 338 g/mol. The van der Waals surface area contributed by atoms with E-state index in [9.17, 15) is 4.79 Å². The van der Waals surface area contributed by atoms with E-state index in [1.54, 1.807) is 0 Å². The third kappa shape index (κ3) is 3.39. The van der Waals surface area contributed by atoms with Gasteiger partial charge in [-0.25, -0.2) is 0 Å². The molecule has 1 saturated heterocycles. The minimum absolute atomic E-state index is 0.00313. The first kappa shape index (κ1) is 17.5. The van der Waals surface area contributed by atoms with Crippen molar-refractivity contribution in [2.24, 2.45) is 0 Å².